The summed E-state index contributed by atoms with van der Waals surface area (Å²) >= 11 is 1.64. The average molecular weight is 429 g/mol. The number of carbonyl (C=O) groups excluding carboxylic acids is 2. The van der Waals surface area contributed by atoms with Crippen molar-refractivity contribution in [3.63, 3.8) is 0 Å². The zero-order chi connectivity index (χ0) is 21.2. The van der Waals surface area contributed by atoms with Crippen molar-refractivity contribution < 1.29 is 9.59 Å². The fourth-order valence-electron chi connectivity index (χ4n) is 4.37. The zero-order valence-corrected chi connectivity index (χ0v) is 18.1. The zero-order valence-electron chi connectivity index (χ0n) is 17.2. The Balaban J connectivity index is 1.35. The van der Waals surface area contributed by atoms with Gasteiger partial charge in [-0.2, -0.15) is 0 Å². The third-order valence-electron chi connectivity index (χ3n) is 5.96. The van der Waals surface area contributed by atoms with E-state index in [2.05, 4.69) is 6.07 Å². The van der Waals surface area contributed by atoms with Gasteiger partial charge >= 0.3 is 0 Å². The van der Waals surface area contributed by atoms with E-state index in [0.717, 1.165) is 36.2 Å². The molecule has 0 N–H and O–H groups in total. The number of amides is 2. The summed E-state index contributed by atoms with van der Waals surface area (Å²) in [6.45, 7) is 1.35. The quantitative estimate of drug-likeness (QED) is 0.584. The van der Waals surface area contributed by atoms with Crippen molar-refractivity contribution in [2.75, 3.05) is 17.2 Å². The van der Waals surface area contributed by atoms with Crippen LogP contribution in [0.3, 0.4) is 0 Å². The molecule has 0 saturated carbocycles. The molecule has 1 atom stereocenters. The maximum atomic E-state index is 13.2. The first-order valence-electron chi connectivity index (χ1n) is 10.7. The number of nitrogens with zero attached hydrogens (tertiary/aromatic N) is 2. The highest BCUT2D eigenvalue weighted by molar-refractivity contribution is 8.00. The first kappa shape index (κ1) is 19.9. The Bertz CT molecular complexity index is 1100. The summed E-state index contributed by atoms with van der Waals surface area (Å²) in [5, 5.41) is -0.0208. The van der Waals surface area contributed by atoms with Crippen molar-refractivity contribution in [2.45, 2.75) is 24.8 Å². The number of para-hydroxylation sites is 1. The highest BCUT2D eigenvalue weighted by Crippen LogP contribution is 2.39. The van der Waals surface area contributed by atoms with E-state index in [1.165, 1.54) is 5.56 Å². The Morgan fingerprint density at radius 1 is 0.935 bits per heavy atom. The minimum absolute atomic E-state index is 0.0208. The number of aryl methyl sites for hydroxylation is 1. The van der Waals surface area contributed by atoms with Crippen molar-refractivity contribution in [1.82, 2.24) is 4.90 Å². The molecule has 3 aromatic carbocycles. The lowest BCUT2D eigenvalue weighted by atomic mass is 10.0. The second-order valence-corrected chi connectivity index (χ2v) is 9.05. The maximum Gasteiger partial charge on any atom is 0.258 e. The van der Waals surface area contributed by atoms with E-state index in [1.807, 2.05) is 82.6 Å². The van der Waals surface area contributed by atoms with E-state index in [9.17, 15) is 9.59 Å². The Morgan fingerprint density at radius 2 is 1.68 bits per heavy atom. The van der Waals surface area contributed by atoms with Crippen LogP contribution in [-0.2, 0) is 17.8 Å². The van der Waals surface area contributed by atoms with Gasteiger partial charge in [0.05, 0.1) is 5.75 Å². The van der Waals surface area contributed by atoms with E-state index in [4.69, 9.17) is 0 Å². The predicted octanol–water partition coefficient (Wildman–Crippen LogP) is 5.05. The van der Waals surface area contributed by atoms with Gasteiger partial charge in [-0.1, -0.05) is 60.7 Å². The number of hydrogen-bond donors (Lipinski definition) is 0. The Hall–Kier alpha value is -3.05. The van der Waals surface area contributed by atoms with Gasteiger partial charge in [0.25, 0.3) is 5.91 Å². The summed E-state index contributed by atoms with van der Waals surface area (Å²) < 4.78 is 0. The molecule has 0 aromatic heterocycles. The molecule has 2 aliphatic heterocycles. The van der Waals surface area contributed by atoms with E-state index >= 15 is 0 Å². The van der Waals surface area contributed by atoms with Gasteiger partial charge in [-0.3, -0.25) is 9.59 Å². The molecule has 31 heavy (non-hydrogen) atoms. The molecule has 2 amide bonds. The lowest BCUT2D eigenvalue weighted by molar-refractivity contribution is -0.128. The van der Waals surface area contributed by atoms with E-state index < -0.39 is 0 Å². The maximum absolute atomic E-state index is 13.2. The van der Waals surface area contributed by atoms with Gasteiger partial charge in [0.1, 0.15) is 5.37 Å². The summed E-state index contributed by atoms with van der Waals surface area (Å²) in [6.07, 6.45) is 2.00. The van der Waals surface area contributed by atoms with Crippen LogP contribution in [0.1, 0.15) is 38.8 Å². The third kappa shape index (κ3) is 3.98. The third-order valence-corrected chi connectivity index (χ3v) is 7.22. The molecule has 5 heteroatoms. The van der Waals surface area contributed by atoms with Gasteiger partial charge in [-0.05, 0) is 47.7 Å². The number of benzene rings is 3. The topological polar surface area (TPSA) is 40.6 Å². The minimum atomic E-state index is -0.0208. The summed E-state index contributed by atoms with van der Waals surface area (Å²) in [5.74, 6) is 0.682. The molecular formula is C26H24N2O2S. The molecule has 5 rings (SSSR count). The number of hydrogen-bond acceptors (Lipinski definition) is 3. The van der Waals surface area contributed by atoms with Crippen LogP contribution >= 0.6 is 11.8 Å². The van der Waals surface area contributed by atoms with Crippen LogP contribution in [0.2, 0.25) is 0 Å². The largest absolute Gasteiger partial charge is 0.322 e. The lowest BCUT2D eigenvalue weighted by Gasteiger charge is -2.29. The van der Waals surface area contributed by atoms with Gasteiger partial charge in [0.15, 0.2) is 0 Å². The molecular weight excluding hydrogens is 404 g/mol. The number of thioether (sulfide) groups is 1. The Morgan fingerprint density at radius 3 is 2.48 bits per heavy atom. The van der Waals surface area contributed by atoms with Gasteiger partial charge in [-0.15, -0.1) is 11.8 Å². The molecule has 0 unspecified atom stereocenters. The molecule has 1 saturated heterocycles. The highest BCUT2D eigenvalue weighted by Gasteiger charge is 2.33. The van der Waals surface area contributed by atoms with Crippen LogP contribution in [0.25, 0.3) is 0 Å². The van der Waals surface area contributed by atoms with E-state index in [0.29, 0.717) is 17.9 Å². The second kappa shape index (κ2) is 8.60. The second-order valence-electron chi connectivity index (χ2n) is 7.98. The number of anilines is 1. The lowest BCUT2D eigenvalue weighted by Crippen LogP contribution is -2.35. The summed E-state index contributed by atoms with van der Waals surface area (Å²) in [7, 11) is 0. The van der Waals surface area contributed by atoms with Crippen molar-refractivity contribution in [2.24, 2.45) is 0 Å². The fourth-order valence-corrected chi connectivity index (χ4v) is 5.56. The normalized spacial score (nSPS) is 18.2. The van der Waals surface area contributed by atoms with Crippen molar-refractivity contribution in [3.05, 3.63) is 101 Å². The molecule has 0 aliphatic carbocycles. The predicted molar refractivity (Wildman–Crippen MR) is 125 cm³/mol. The monoisotopic (exact) mass is 428 g/mol. The van der Waals surface area contributed by atoms with Gasteiger partial charge in [0.2, 0.25) is 5.91 Å². The van der Waals surface area contributed by atoms with Crippen molar-refractivity contribution >= 4 is 29.3 Å². The SMILES string of the molecule is O=C(c1ccc([C@H]2SCC(=O)N2Cc2ccccc2)cc1)N1CCCc2ccccc21. The van der Waals surface area contributed by atoms with E-state index in [-0.39, 0.29) is 17.2 Å². The number of fused-ring (bicyclic) bond motifs is 1. The Labute approximate surface area is 186 Å². The molecule has 0 spiro atoms. The molecule has 156 valence electrons. The van der Waals surface area contributed by atoms with Crippen LogP contribution in [-0.4, -0.2) is 29.0 Å². The summed E-state index contributed by atoms with van der Waals surface area (Å²) in [6, 6.07) is 26.0. The van der Waals surface area contributed by atoms with Crippen LogP contribution < -0.4 is 4.90 Å². The Kier molecular flexibility index (Phi) is 5.51. The van der Waals surface area contributed by atoms with Gasteiger partial charge < -0.3 is 9.80 Å². The molecule has 3 aromatic rings. The molecule has 2 aliphatic rings. The summed E-state index contributed by atoms with van der Waals surface area (Å²) in [5.41, 5.74) is 5.12. The van der Waals surface area contributed by atoms with Crippen LogP contribution in [0.5, 0.6) is 0 Å². The highest BCUT2D eigenvalue weighted by atomic mass is 32.2. The standard InChI is InChI=1S/C26H24N2O2S/c29-24-18-31-26(28(24)17-19-7-2-1-3-8-19)22-14-12-21(13-15-22)25(30)27-16-6-10-20-9-4-5-11-23(20)27/h1-5,7-9,11-15,26H,6,10,16-18H2/t26-/m1/s1. The molecule has 4 nitrogen and oxygen atoms in total. The van der Waals surface area contributed by atoms with E-state index in [1.54, 1.807) is 11.8 Å². The number of rotatable bonds is 4. The van der Waals surface area contributed by atoms with Gasteiger partial charge in [-0.25, -0.2) is 0 Å². The van der Waals surface area contributed by atoms with Crippen molar-refractivity contribution in [1.29, 1.82) is 0 Å². The fraction of sp³-hybridized carbons (Fsp3) is 0.231. The molecule has 2 heterocycles. The van der Waals surface area contributed by atoms with Crippen LogP contribution in [0, 0.1) is 0 Å². The van der Waals surface area contributed by atoms with Crippen LogP contribution in [0.4, 0.5) is 5.69 Å². The van der Waals surface area contributed by atoms with Crippen molar-refractivity contribution in [3.8, 4) is 0 Å². The molecule has 0 bridgehead atoms. The first-order valence-corrected chi connectivity index (χ1v) is 11.7. The smallest absolute Gasteiger partial charge is 0.258 e. The average Bonchev–Trinajstić information content (AvgIpc) is 3.19. The molecule has 0 radical (unpaired) electrons. The summed E-state index contributed by atoms with van der Waals surface area (Å²) in [4.78, 5) is 29.5. The first-order chi connectivity index (χ1) is 15.2. The van der Waals surface area contributed by atoms with Crippen LogP contribution in [0.15, 0.2) is 78.9 Å². The minimum Gasteiger partial charge on any atom is -0.322 e. The number of carbonyl (C=O) groups is 2. The van der Waals surface area contributed by atoms with Gasteiger partial charge in [0, 0.05) is 24.3 Å². The molecule has 1 fully saturated rings.